The summed E-state index contributed by atoms with van der Waals surface area (Å²) in [6.45, 7) is 4.27. The third kappa shape index (κ3) is 6.52. The van der Waals surface area contributed by atoms with E-state index in [2.05, 4.69) is 0 Å². The maximum absolute atomic E-state index is 11.6. The summed E-state index contributed by atoms with van der Waals surface area (Å²) in [4.78, 5) is 23.3. The number of methoxy groups -OCH3 is 1. The van der Waals surface area contributed by atoms with Crippen molar-refractivity contribution in [2.24, 2.45) is 0 Å². The fourth-order valence-corrected chi connectivity index (χ4v) is 3.03. The average Bonchev–Trinajstić information content (AvgIpc) is 2.72. The molecule has 2 rings (SSSR count). The summed E-state index contributed by atoms with van der Waals surface area (Å²) in [5.74, 6) is 0.239. The van der Waals surface area contributed by atoms with Gasteiger partial charge in [-0.05, 0) is 62.1 Å². The number of hydrogen-bond donors (Lipinski definition) is 1. The van der Waals surface area contributed by atoms with E-state index < -0.39 is 0 Å². The van der Waals surface area contributed by atoms with E-state index in [9.17, 15) is 14.7 Å². The molecule has 0 spiro atoms. The van der Waals surface area contributed by atoms with Crippen molar-refractivity contribution in [3.05, 3.63) is 47.5 Å². The van der Waals surface area contributed by atoms with Gasteiger partial charge in [0.25, 0.3) is 0 Å². The van der Waals surface area contributed by atoms with Crippen LogP contribution in [-0.4, -0.2) is 37.4 Å². The molecule has 29 heavy (non-hydrogen) atoms. The predicted octanol–water partition coefficient (Wildman–Crippen LogP) is 4.06. The molecule has 0 heterocycles. The van der Waals surface area contributed by atoms with E-state index >= 15 is 0 Å². The number of carbonyl (C=O) groups is 2. The van der Waals surface area contributed by atoms with Crippen LogP contribution in [0.25, 0.3) is 11.1 Å². The molecule has 0 saturated heterocycles. The third-order valence-electron chi connectivity index (χ3n) is 4.46. The van der Waals surface area contributed by atoms with Gasteiger partial charge in [0.05, 0.1) is 20.3 Å². The second-order valence-corrected chi connectivity index (χ2v) is 6.50. The minimum Gasteiger partial charge on any atom is -0.507 e. The van der Waals surface area contributed by atoms with Gasteiger partial charge in [-0.3, -0.25) is 9.59 Å². The van der Waals surface area contributed by atoms with Gasteiger partial charge in [0.2, 0.25) is 0 Å². The lowest BCUT2D eigenvalue weighted by molar-refractivity contribution is -0.144. The first-order chi connectivity index (χ1) is 14.0. The Balaban J connectivity index is 2.26. The van der Waals surface area contributed by atoms with Gasteiger partial charge in [0.15, 0.2) is 0 Å². The molecule has 0 aromatic heterocycles. The number of aromatic hydroxyl groups is 1. The second kappa shape index (κ2) is 11.1. The second-order valence-electron chi connectivity index (χ2n) is 6.50. The van der Waals surface area contributed by atoms with Crippen LogP contribution < -0.4 is 4.74 Å². The number of ether oxygens (including phenoxy) is 3. The SMILES string of the molecule is CCOC(=O)CCc1ccc(O)c(-c2cc(CCC(=O)OCC)ccc2OC)c1. The van der Waals surface area contributed by atoms with Gasteiger partial charge in [0.1, 0.15) is 11.5 Å². The number of aryl methyl sites for hydroxylation is 2. The first-order valence-corrected chi connectivity index (χ1v) is 9.78. The molecule has 2 aromatic rings. The molecule has 156 valence electrons. The van der Waals surface area contributed by atoms with Gasteiger partial charge < -0.3 is 19.3 Å². The molecule has 6 heteroatoms. The molecule has 0 bridgehead atoms. The first-order valence-electron chi connectivity index (χ1n) is 9.78. The number of rotatable bonds is 10. The van der Waals surface area contributed by atoms with E-state index in [1.165, 1.54) is 0 Å². The fourth-order valence-electron chi connectivity index (χ4n) is 3.03. The number of carbonyl (C=O) groups excluding carboxylic acids is 2. The third-order valence-corrected chi connectivity index (χ3v) is 4.46. The Morgan fingerprint density at radius 2 is 1.34 bits per heavy atom. The summed E-state index contributed by atoms with van der Waals surface area (Å²) in [5.41, 5.74) is 3.18. The van der Waals surface area contributed by atoms with Crippen molar-refractivity contribution in [1.29, 1.82) is 0 Å². The molecule has 0 radical (unpaired) electrons. The highest BCUT2D eigenvalue weighted by Gasteiger charge is 2.14. The summed E-state index contributed by atoms with van der Waals surface area (Å²) in [5, 5.41) is 10.4. The van der Waals surface area contributed by atoms with Crippen LogP contribution in [0.15, 0.2) is 36.4 Å². The smallest absolute Gasteiger partial charge is 0.306 e. The first kappa shape index (κ1) is 22.3. The van der Waals surface area contributed by atoms with Crippen LogP contribution in [-0.2, 0) is 31.9 Å². The van der Waals surface area contributed by atoms with Crippen LogP contribution in [0.1, 0.15) is 37.8 Å². The van der Waals surface area contributed by atoms with Gasteiger partial charge in [-0.2, -0.15) is 0 Å². The van der Waals surface area contributed by atoms with Gasteiger partial charge in [-0.25, -0.2) is 0 Å². The molecule has 0 saturated carbocycles. The maximum atomic E-state index is 11.6. The summed E-state index contributed by atoms with van der Waals surface area (Å²) in [6, 6.07) is 10.9. The fraction of sp³-hybridized carbons (Fsp3) is 0.391. The monoisotopic (exact) mass is 400 g/mol. The number of esters is 2. The molecule has 0 fully saturated rings. The molecule has 0 aliphatic rings. The molecule has 0 aliphatic carbocycles. The predicted molar refractivity (Wildman–Crippen MR) is 110 cm³/mol. The van der Waals surface area contributed by atoms with Crippen molar-refractivity contribution in [3.63, 3.8) is 0 Å². The summed E-state index contributed by atoms with van der Waals surface area (Å²) < 4.78 is 15.4. The van der Waals surface area contributed by atoms with E-state index in [1.54, 1.807) is 33.1 Å². The highest BCUT2D eigenvalue weighted by atomic mass is 16.5. The highest BCUT2D eigenvalue weighted by molar-refractivity contribution is 5.77. The Labute approximate surface area is 171 Å². The molecule has 0 atom stereocenters. The van der Waals surface area contributed by atoms with E-state index in [0.29, 0.717) is 37.4 Å². The molecule has 0 unspecified atom stereocenters. The van der Waals surface area contributed by atoms with Crippen molar-refractivity contribution in [1.82, 2.24) is 0 Å². The molecular formula is C23H28O6. The lowest BCUT2D eigenvalue weighted by atomic mass is 9.96. The largest absolute Gasteiger partial charge is 0.507 e. The van der Waals surface area contributed by atoms with E-state index in [-0.39, 0.29) is 30.5 Å². The van der Waals surface area contributed by atoms with Crippen LogP contribution >= 0.6 is 0 Å². The zero-order valence-corrected chi connectivity index (χ0v) is 17.2. The lowest BCUT2D eigenvalue weighted by Crippen LogP contribution is -2.05. The van der Waals surface area contributed by atoms with Crippen LogP contribution in [0.3, 0.4) is 0 Å². The molecule has 0 amide bonds. The number of benzene rings is 2. The van der Waals surface area contributed by atoms with Gasteiger partial charge >= 0.3 is 11.9 Å². The van der Waals surface area contributed by atoms with Crippen LogP contribution in [0.5, 0.6) is 11.5 Å². The number of phenolic OH excluding ortho intramolecular Hbond substituents is 1. The average molecular weight is 400 g/mol. The van der Waals surface area contributed by atoms with Crippen molar-refractivity contribution in [2.45, 2.75) is 39.5 Å². The van der Waals surface area contributed by atoms with E-state index in [1.807, 2.05) is 24.3 Å². The number of phenols is 1. The zero-order valence-electron chi connectivity index (χ0n) is 17.2. The van der Waals surface area contributed by atoms with Crippen LogP contribution in [0.4, 0.5) is 0 Å². The van der Waals surface area contributed by atoms with Crippen molar-refractivity contribution >= 4 is 11.9 Å². The van der Waals surface area contributed by atoms with E-state index in [0.717, 1.165) is 16.7 Å². The normalized spacial score (nSPS) is 10.4. The zero-order chi connectivity index (χ0) is 21.2. The van der Waals surface area contributed by atoms with Gasteiger partial charge in [-0.15, -0.1) is 0 Å². The standard InChI is InChI=1S/C23H28O6/c1-4-28-22(25)12-8-16-6-10-20(24)18(14-16)19-15-17(7-11-21(19)27-3)9-13-23(26)29-5-2/h6-7,10-11,14-15,24H,4-5,8-9,12-13H2,1-3H3. The highest BCUT2D eigenvalue weighted by Crippen LogP contribution is 2.37. The van der Waals surface area contributed by atoms with Gasteiger partial charge in [-0.1, -0.05) is 12.1 Å². The minimum absolute atomic E-state index is 0.116. The topological polar surface area (TPSA) is 82.1 Å². The molecule has 2 aromatic carbocycles. The minimum atomic E-state index is -0.249. The summed E-state index contributed by atoms with van der Waals surface area (Å²) >= 11 is 0. The Bertz CT molecular complexity index is 843. The molecular weight excluding hydrogens is 372 g/mol. The maximum Gasteiger partial charge on any atom is 0.306 e. The van der Waals surface area contributed by atoms with Gasteiger partial charge in [0, 0.05) is 24.0 Å². The van der Waals surface area contributed by atoms with Crippen LogP contribution in [0.2, 0.25) is 0 Å². The van der Waals surface area contributed by atoms with E-state index in [4.69, 9.17) is 14.2 Å². The van der Waals surface area contributed by atoms with Crippen molar-refractivity contribution in [3.8, 4) is 22.6 Å². The van der Waals surface area contributed by atoms with Crippen molar-refractivity contribution < 1.29 is 28.9 Å². The Kier molecular flexibility index (Phi) is 8.52. The Hall–Kier alpha value is -3.02. The van der Waals surface area contributed by atoms with Crippen molar-refractivity contribution in [2.75, 3.05) is 20.3 Å². The molecule has 1 N–H and O–H groups in total. The molecule has 0 aliphatic heterocycles. The Morgan fingerprint density at radius 3 is 1.86 bits per heavy atom. The van der Waals surface area contributed by atoms with Crippen LogP contribution in [0, 0.1) is 0 Å². The molecule has 6 nitrogen and oxygen atoms in total. The lowest BCUT2D eigenvalue weighted by Gasteiger charge is -2.14. The number of hydrogen-bond acceptors (Lipinski definition) is 6. The summed E-state index contributed by atoms with van der Waals surface area (Å²) in [7, 11) is 1.57. The summed E-state index contributed by atoms with van der Waals surface area (Å²) in [6.07, 6.45) is 1.59. The Morgan fingerprint density at radius 1 is 0.828 bits per heavy atom. The quantitative estimate of drug-likeness (QED) is 0.606.